The Hall–Kier alpha value is -1.75. The summed E-state index contributed by atoms with van der Waals surface area (Å²) >= 11 is 11.9. The van der Waals surface area contributed by atoms with Crippen LogP contribution in [-0.2, 0) is 0 Å². The second kappa shape index (κ2) is 8.56. The Kier molecular flexibility index (Phi) is 6.19. The number of benzene rings is 2. The van der Waals surface area contributed by atoms with Gasteiger partial charge in [-0.1, -0.05) is 41.4 Å². The number of amides is 1. The minimum atomic E-state index is -0.162. The van der Waals surface area contributed by atoms with Crippen molar-refractivity contribution >= 4 is 34.8 Å². The molecule has 1 aliphatic rings. The number of rotatable bonds is 5. The van der Waals surface area contributed by atoms with Gasteiger partial charge in [0.05, 0.1) is 10.6 Å². The molecule has 0 unspecified atom stereocenters. The number of nitrogens with one attached hydrogen (secondary N) is 1. The standard InChI is InChI=1S/C19H21Cl2N3O/c20-15-6-7-17(18(21)14-15)19(25)22-8-9-23-10-12-24(13-11-23)16-4-2-1-3-5-16/h1-7,14H,8-13H2,(H,22,25). The highest BCUT2D eigenvalue weighted by atomic mass is 35.5. The van der Waals surface area contributed by atoms with E-state index in [2.05, 4.69) is 39.4 Å². The number of carbonyl (C=O) groups excluding carboxylic acids is 1. The lowest BCUT2D eigenvalue weighted by molar-refractivity contribution is 0.0948. The summed E-state index contributed by atoms with van der Waals surface area (Å²) in [7, 11) is 0. The second-order valence-corrected chi connectivity index (χ2v) is 6.89. The number of para-hydroxylation sites is 1. The van der Waals surface area contributed by atoms with E-state index >= 15 is 0 Å². The SMILES string of the molecule is O=C(NCCN1CCN(c2ccccc2)CC1)c1ccc(Cl)cc1Cl. The summed E-state index contributed by atoms with van der Waals surface area (Å²) in [6.07, 6.45) is 0. The molecule has 0 radical (unpaired) electrons. The first-order valence-corrected chi connectivity index (χ1v) is 9.15. The number of hydrogen-bond acceptors (Lipinski definition) is 3. The average Bonchev–Trinajstić information content (AvgIpc) is 2.63. The van der Waals surface area contributed by atoms with E-state index in [4.69, 9.17) is 23.2 Å². The molecular weight excluding hydrogens is 357 g/mol. The zero-order valence-corrected chi connectivity index (χ0v) is 15.4. The summed E-state index contributed by atoms with van der Waals surface area (Å²) in [6.45, 7) is 5.42. The van der Waals surface area contributed by atoms with Crippen molar-refractivity contribution in [1.29, 1.82) is 0 Å². The first-order valence-electron chi connectivity index (χ1n) is 8.39. The molecule has 2 aromatic rings. The van der Waals surface area contributed by atoms with Crippen LogP contribution in [0, 0.1) is 0 Å². The van der Waals surface area contributed by atoms with Gasteiger partial charge < -0.3 is 10.2 Å². The molecule has 1 fully saturated rings. The molecule has 6 heteroatoms. The minimum Gasteiger partial charge on any atom is -0.369 e. The van der Waals surface area contributed by atoms with Crippen LogP contribution < -0.4 is 10.2 Å². The van der Waals surface area contributed by atoms with Gasteiger partial charge in [0, 0.05) is 50.0 Å². The van der Waals surface area contributed by atoms with Crippen molar-refractivity contribution in [2.45, 2.75) is 0 Å². The van der Waals surface area contributed by atoms with Gasteiger partial charge in [0.2, 0.25) is 0 Å². The number of halogens is 2. The molecule has 2 aromatic carbocycles. The molecule has 1 heterocycles. The van der Waals surface area contributed by atoms with E-state index in [9.17, 15) is 4.79 Å². The molecule has 1 amide bonds. The molecule has 1 saturated heterocycles. The fourth-order valence-corrected chi connectivity index (χ4v) is 3.46. The number of anilines is 1. The Balaban J connectivity index is 1.42. The third-order valence-corrected chi connectivity index (χ3v) is 4.93. The summed E-state index contributed by atoms with van der Waals surface area (Å²) in [6, 6.07) is 15.4. The molecule has 0 atom stereocenters. The Bertz CT molecular complexity index is 716. The van der Waals surface area contributed by atoms with Crippen LogP contribution in [-0.4, -0.2) is 50.1 Å². The van der Waals surface area contributed by atoms with Crippen LogP contribution in [0.15, 0.2) is 48.5 Å². The highest BCUT2D eigenvalue weighted by Gasteiger charge is 2.17. The Morgan fingerprint density at radius 2 is 1.72 bits per heavy atom. The lowest BCUT2D eigenvalue weighted by atomic mass is 10.2. The molecule has 0 saturated carbocycles. The molecule has 0 bridgehead atoms. The number of carbonyl (C=O) groups is 1. The van der Waals surface area contributed by atoms with Gasteiger partial charge in [-0.3, -0.25) is 9.69 Å². The first kappa shape index (κ1) is 18.1. The molecule has 0 spiro atoms. The highest BCUT2D eigenvalue weighted by Crippen LogP contribution is 2.20. The number of nitrogens with zero attached hydrogens (tertiary/aromatic N) is 2. The predicted molar refractivity (Wildman–Crippen MR) is 104 cm³/mol. The van der Waals surface area contributed by atoms with E-state index in [0.717, 1.165) is 32.7 Å². The molecular formula is C19H21Cl2N3O. The van der Waals surface area contributed by atoms with E-state index in [-0.39, 0.29) is 5.91 Å². The molecule has 0 aliphatic carbocycles. The number of hydrogen-bond donors (Lipinski definition) is 1. The van der Waals surface area contributed by atoms with Gasteiger partial charge in [0.1, 0.15) is 0 Å². The summed E-state index contributed by atoms with van der Waals surface area (Å²) in [5, 5.41) is 3.83. The van der Waals surface area contributed by atoms with Crippen molar-refractivity contribution in [3.8, 4) is 0 Å². The average molecular weight is 378 g/mol. The van der Waals surface area contributed by atoms with Crippen LogP contribution in [0.2, 0.25) is 10.0 Å². The van der Waals surface area contributed by atoms with Crippen molar-refractivity contribution in [2.75, 3.05) is 44.2 Å². The van der Waals surface area contributed by atoms with Crippen LogP contribution in [0.5, 0.6) is 0 Å². The quantitative estimate of drug-likeness (QED) is 0.865. The fourth-order valence-electron chi connectivity index (χ4n) is 2.96. The smallest absolute Gasteiger partial charge is 0.252 e. The molecule has 0 aromatic heterocycles. The van der Waals surface area contributed by atoms with Gasteiger partial charge in [-0.25, -0.2) is 0 Å². The van der Waals surface area contributed by atoms with Gasteiger partial charge in [-0.15, -0.1) is 0 Å². The van der Waals surface area contributed by atoms with Crippen LogP contribution >= 0.6 is 23.2 Å². The molecule has 4 nitrogen and oxygen atoms in total. The van der Waals surface area contributed by atoms with Gasteiger partial charge >= 0.3 is 0 Å². The second-order valence-electron chi connectivity index (χ2n) is 6.04. The molecule has 1 aliphatic heterocycles. The maximum Gasteiger partial charge on any atom is 0.252 e. The summed E-state index contributed by atoms with van der Waals surface area (Å²) in [4.78, 5) is 16.9. The summed E-state index contributed by atoms with van der Waals surface area (Å²) in [5.41, 5.74) is 1.73. The van der Waals surface area contributed by atoms with Crippen molar-refractivity contribution in [1.82, 2.24) is 10.2 Å². The minimum absolute atomic E-state index is 0.162. The van der Waals surface area contributed by atoms with E-state index in [1.54, 1.807) is 18.2 Å². The van der Waals surface area contributed by atoms with Gasteiger partial charge in [0.25, 0.3) is 5.91 Å². The number of piperazine rings is 1. The fraction of sp³-hybridized carbons (Fsp3) is 0.316. The van der Waals surface area contributed by atoms with Crippen LogP contribution in [0.3, 0.4) is 0 Å². The van der Waals surface area contributed by atoms with Gasteiger partial charge in [0.15, 0.2) is 0 Å². The predicted octanol–water partition coefficient (Wildman–Crippen LogP) is 3.55. The van der Waals surface area contributed by atoms with E-state index in [0.29, 0.717) is 22.2 Å². The van der Waals surface area contributed by atoms with Gasteiger partial charge in [-0.05, 0) is 30.3 Å². The third kappa shape index (κ3) is 4.88. The topological polar surface area (TPSA) is 35.6 Å². The maximum atomic E-state index is 12.2. The third-order valence-electron chi connectivity index (χ3n) is 4.38. The largest absolute Gasteiger partial charge is 0.369 e. The van der Waals surface area contributed by atoms with E-state index in [1.165, 1.54) is 5.69 Å². The summed E-state index contributed by atoms with van der Waals surface area (Å²) in [5.74, 6) is -0.162. The molecule has 1 N–H and O–H groups in total. The molecule has 132 valence electrons. The van der Waals surface area contributed by atoms with Gasteiger partial charge in [-0.2, -0.15) is 0 Å². The summed E-state index contributed by atoms with van der Waals surface area (Å²) < 4.78 is 0. The first-order chi connectivity index (χ1) is 12.1. The normalized spacial score (nSPS) is 15.2. The van der Waals surface area contributed by atoms with E-state index in [1.807, 2.05) is 6.07 Å². The lowest BCUT2D eigenvalue weighted by Crippen LogP contribution is -2.48. The lowest BCUT2D eigenvalue weighted by Gasteiger charge is -2.36. The Morgan fingerprint density at radius 3 is 2.40 bits per heavy atom. The van der Waals surface area contributed by atoms with Crippen molar-refractivity contribution < 1.29 is 4.79 Å². The zero-order valence-electron chi connectivity index (χ0n) is 13.9. The van der Waals surface area contributed by atoms with Crippen molar-refractivity contribution in [2.24, 2.45) is 0 Å². The monoisotopic (exact) mass is 377 g/mol. The maximum absolute atomic E-state index is 12.2. The Labute approximate surface area is 158 Å². The van der Waals surface area contributed by atoms with Crippen molar-refractivity contribution in [3.05, 3.63) is 64.1 Å². The van der Waals surface area contributed by atoms with Crippen LogP contribution in [0.25, 0.3) is 0 Å². The Morgan fingerprint density at radius 1 is 1.00 bits per heavy atom. The van der Waals surface area contributed by atoms with E-state index < -0.39 is 0 Å². The zero-order chi connectivity index (χ0) is 17.6. The van der Waals surface area contributed by atoms with Crippen molar-refractivity contribution in [3.63, 3.8) is 0 Å². The molecule has 25 heavy (non-hydrogen) atoms. The molecule has 3 rings (SSSR count). The van der Waals surface area contributed by atoms with Crippen LogP contribution in [0.4, 0.5) is 5.69 Å². The van der Waals surface area contributed by atoms with Crippen LogP contribution in [0.1, 0.15) is 10.4 Å². The highest BCUT2D eigenvalue weighted by molar-refractivity contribution is 6.36.